The summed E-state index contributed by atoms with van der Waals surface area (Å²) in [5.41, 5.74) is 0.639. The lowest BCUT2D eigenvalue weighted by Crippen LogP contribution is -2.85. The van der Waals surface area contributed by atoms with Crippen molar-refractivity contribution in [3.8, 4) is 5.75 Å². The second-order valence-electron chi connectivity index (χ2n) is 5.76. The van der Waals surface area contributed by atoms with Crippen LogP contribution in [0.25, 0.3) is 10.8 Å². The number of quaternary nitrogens is 1. The van der Waals surface area contributed by atoms with Gasteiger partial charge in [0.1, 0.15) is 37.4 Å². The Bertz CT molecular complexity index is 801. The van der Waals surface area contributed by atoms with E-state index in [1.54, 1.807) is 12.1 Å². The number of hydrogen-bond acceptors (Lipinski definition) is 2. The van der Waals surface area contributed by atoms with E-state index in [0.717, 1.165) is 16.5 Å². The molecule has 1 atom stereocenters. The van der Waals surface area contributed by atoms with Crippen molar-refractivity contribution in [3.05, 3.63) is 78.1 Å². The lowest BCUT2D eigenvalue weighted by atomic mass is 10.1. The highest BCUT2D eigenvalue weighted by atomic mass is 19.1. The van der Waals surface area contributed by atoms with Gasteiger partial charge in [0.25, 0.3) is 0 Å². The molecule has 124 valence electrons. The molecule has 0 saturated heterocycles. The van der Waals surface area contributed by atoms with Gasteiger partial charge in [0, 0.05) is 10.9 Å². The first-order chi connectivity index (χ1) is 11.7. The number of benzene rings is 3. The Balaban J connectivity index is 1.50. The molecule has 3 N–H and O–H groups in total. The van der Waals surface area contributed by atoms with Crippen LogP contribution in [0.3, 0.4) is 0 Å². The van der Waals surface area contributed by atoms with Gasteiger partial charge in [-0.3, -0.25) is 0 Å². The summed E-state index contributed by atoms with van der Waals surface area (Å²) in [4.78, 5) is 0. The van der Waals surface area contributed by atoms with Gasteiger partial charge in [-0.25, -0.2) is 4.39 Å². The molecule has 0 radical (unpaired) electrons. The molecular weight excluding hydrogens is 305 g/mol. The molecule has 0 aromatic heterocycles. The molecule has 24 heavy (non-hydrogen) atoms. The molecule has 0 saturated carbocycles. The Hall–Kier alpha value is -2.43. The zero-order valence-electron chi connectivity index (χ0n) is 13.4. The van der Waals surface area contributed by atoms with Gasteiger partial charge in [-0.2, -0.15) is 0 Å². The molecule has 0 spiro atoms. The van der Waals surface area contributed by atoms with Crippen LogP contribution < -0.4 is 10.1 Å². The molecule has 0 unspecified atom stereocenters. The average molecular weight is 326 g/mol. The zero-order chi connectivity index (χ0) is 16.8. The zero-order valence-corrected chi connectivity index (χ0v) is 13.4. The van der Waals surface area contributed by atoms with Gasteiger partial charge in [-0.05, 0) is 17.5 Å². The summed E-state index contributed by atoms with van der Waals surface area (Å²) >= 11 is 0. The molecule has 0 bridgehead atoms. The Morgan fingerprint density at radius 1 is 0.958 bits per heavy atom. The highest BCUT2D eigenvalue weighted by Crippen LogP contribution is 2.25. The van der Waals surface area contributed by atoms with Crippen LogP contribution in [0.1, 0.15) is 5.56 Å². The van der Waals surface area contributed by atoms with Crippen molar-refractivity contribution < 1.29 is 19.6 Å². The first kappa shape index (κ1) is 16.4. The summed E-state index contributed by atoms with van der Waals surface area (Å²) < 4.78 is 19.3. The number of rotatable bonds is 7. The monoisotopic (exact) mass is 326 g/mol. The molecule has 3 nitrogen and oxygen atoms in total. The van der Waals surface area contributed by atoms with Gasteiger partial charge in [0.2, 0.25) is 0 Å². The predicted molar refractivity (Wildman–Crippen MR) is 92.3 cm³/mol. The molecule has 0 aliphatic rings. The smallest absolute Gasteiger partial charge is 0.137 e. The van der Waals surface area contributed by atoms with E-state index in [1.165, 1.54) is 6.07 Å². The van der Waals surface area contributed by atoms with Crippen LogP contribution >= 0.6 is 0 Å². The van der Waals surface area contributed by atoms with Crippen molar-refractivity contribution in [1.82, 2.24) is 0 Å². The molecule has 0 fully saturated rings. The normalized spacial score (nSPS) is 12.2. The molecule has 0 aliphatic carbocycles. The standard InChI is InChI=1S/C20H20FNO2/c21-19-10-4-2-7-16(19)12-22-13-17(23)14-24-20-11-5-8-15-6-1-3-9-18(15)20/h1-11,17,22-23H,12-14H2/p+1/t17-/m0/s1. The predicted octanol–water partition coefficient (Wildman–Crippen LogP) is 2.48. The molecule has 3 rings (SSSR count). The van der Waals surface area contributed by atoms with E-state index >= 15 is 0 Å². The first-order valence-corrected chi connectivity index (χ1v) is 8.08. The first-order valence-electron chi connectivity index (χ1n) is 8.08. The topological polar surface area (TPSA) is 46.1 Å². The Morgan fingerprint density at radius 3 is 2.58 bits per heavy atom. The van der Waals surface area contributed by atoms with Crippen LogP contribution in [0.5, 0.6) is 5.75 Å². The number of aliphatic hydroxyl groups is 1. The van der Waals surface area contributed by atoms with Crippen molar-refractivity contribution in [2.24, 2.45) is 0 Å². The maximum absolute atomic E-state index is 13.5. The second kappa shape index (κ2) is 7.90. The third kappa shape index (κ3) is 4.10. The van der Waals surface area contributed by atoms with Crippen LogP contribution in [-0.2, 0) is 6.54 Å². The summed E-state index contributed by atoms with van der Waals surface area (Å²) in [5.74, 6) is 0.552. The largest absolute Gasteiger partial charge is 0.490 e. The van der Waals surface area contributed by atoms with E-state index in [2.05, 4.69) is 0 Å². The van der Waals surface area contributed by atoms with Crippen LogP contribution in [0, 0.1) is 5.82 Å². The van der Waals surface area contributed by atoms with Gasteiger partial charge in [0.15, 0.2) is 0 Å². The van der Waals surface area contributed by atoms with Crippen molar-refractivity contribution in [1.29, 1.82) is 0 Å². The molecule has 3 aromatic rings. The minimum absolute atomic E-state index is 0.210. The number of ether oxygens (including phenoxy) is 1. The van der Waals surface area contributed by atoms with E-state index in [-0.39, 0.29) is 12.4 Å². The minimum atomic E-state index is -0.615. The summed E-state index contributed by atoms with van der Waals surface area (Å²) in [6.45, 7) is 1.17. The van der Waals surface area contributed by atoms with E-state index < -0.39 is 6.10 Å². The number of fused-ring (bicyclic) bond motifs is 1. The number of aliphatic hydroxyl groups excluding tert-OH is 1. The van der Waals surface area contributed by atoms with Crippen LogP contribution in [0.15, 0.2) is 66.7 Å². The second-order valence-corrected chi connectivity index (χ2v) is 5.76. The maximum atomic E-state index is 13.5. The number of nitrogens with two attached hydrogens (primary N) is 1. The number of hydrogen-bond donors (Lipinski definition) is 2. The molecule has 0 aliphatic heterocycles. The van der Waals surface area contributed by atoms with Crippen LogP contribution in [0.4, 0.5) is 4.39 Å². The van der Waals surface area contributed by atoms with Crippen LogP contribution in [-0.4, -0.2) is 24.4 Å². The fourth-order valence-electron chi connectivity index (χ4n) is 2.67. The molecule has 4 heteroatoms. The fourth-order valence-corrected chi connectivity index (χ4v) is 2.67. The minimum Gasteiger partial charge on any atom is -0.490 e. The fraction of sp³-hybridized carbons (Fsp3) is 0.200. The third-order valence-electron chi connectivity index (χ3n) is 3.94. The van der Waals surface area contributed by atoms with Gasteiger partial charge >= 0.3 is 0 Å². The van der Waals surface area contributed by atoms with Gasteiger partial charge in [-0.1, -0.05) is 54.6 Å². The van der Waals surface area contributed by atoms with Gasteiger partial charge < -0.3 is 15.2 Å². The maximum Gasteiger partial charge on any atom is 0.137 e. The highest BCUT2D eigenvalue weighted by Gasteiger charge is 2.10. The molecular formula is C20H21FNO2+. The van der Waals surface area contributed by atoms with E-state index in [0.29, 0.717) is 18.7 Å². The molecule has 0 heterocycles. The van der Waals surface area contributed by atoms with Gasteiger partial charge in [0.05, 0.1) is 0 Å². The van der Waals surface area contributed by atoms with E-state index in [9.17, 15) is 9.50 Å². The Kier molecular flexibility index (Phi) is 5.41. The summed E-state index contributed by atoms with van der Waals surface area (Å²) in [7, 11) is 0. The molecule has 0 amide bonds. The Morgan fingerprint density at radius 2 is 1.71 bits per heavy atom. The van der Waals surface area contributed by atoms with Crippen molar-refractivity contribution in [2.75, 3.05) is 13.2 Å². The summed E-state index contributed by atoms with van der Waals surface area (Å²) in [5, 5.41) is 14.1. The highest BCUT2D eigenvalue weighted by molar-refractivity contribution is 5.88. The quantitative estimate of drug-likeness (QED) is 0.701. The third-order valence-corrected chi connectivity index (χ3v) is 3.94. The lowest BCUT2D eigenvalue weighted by Gasteiger charge is -2.13. The Labute approximate surface area is 140 Å². The summed E-state index contributed by atoms with van der Waals surface area (Å²) in [6, 6.07) is 20.5. The van der Waals surface area contributed by atoms with Gasteiger partial charge in [-0.15, -0.1) is 0 Å². The van der Waals surface area contributed by atoms with E-state index in [1.807, 2.05) is 53.8 Å². The average Bonchev–Trinajstić information content (AvgIpc) is 2.61. The lowest BCUT2D eigenvalue weighted by molar-refractivity contribution is -0.676. The van der Waals surface area contributed by atoms with Crippen molar-refractivity contribution in [2.45, 2.75) is 12.6 Å². The molecule has 3 aromatic carbocycles. The van der Waals surface area contributed by atoms with Crippen LogP contribution in [0.2, 0.25) is 0 Å². The van der Waals surface area contributed by atoms with Crippen molar-refractivity contribution >= 4 is 10.8 Å². The number of halogens is 1. The SMILES string of the molecule is O[C@@H](C[NH2+]Cc1ccccc1F)COc1cccc2ccccc12. The van der Waals surface area contributed by atoms with E-state index in [4.69, 9.17) is 4.74 Å². The van der Waals surface area contributed by atoms with Crippen molar-refractivity contribution in [3.63, 3.8) is 0 Å². The summed E-state index contributed by atoms with van der Waals surface area (Å²) in [6.07, 6.45) is -0.615.